The van der Waals surface area contributed by atoms with Crippen LogP contribution in [0.2, 0.25) is 0 Å². The van der Waals surface area contributed by atoms with Crippen LogP contribution in [0.4, 0.5) is 19.1 Å². The normalized spacial score (nSPS) is 11.5. The van der Waals surface area contributed by atoms with Gasteiger partial charge in [-0.2, -0.15) is 13.2 Å². The molecule has 0 saturated carbocycles. The second-order valence-electron chi connectivity index (χ2n) is 4.86. The zero-order valence-electron chi connectivity index (χ0n) is 13.9. The smallest absolute Gasteiger partial charge is 0.355 e. The summed E-state index contributed by atoms with van der Waals surface area (Å²) < 4.78 is 37.7. The van der Waals surface area contributed by atoms with Crippen molar-refractivity contribution in [2.75, 3.05) is 25.5 Å². The third-order valence-electron chi connectivity index (χ3n) is 3.03. The van der Waals surface area contributed by atoms with Crippen molar-refractivity contribution in [2.45, 2.75) is 12.7 Å². The molecule has 7 nitrogen and oxygen atoms in total. The van der Waals surface area contributed by atoms with Crippen LogP contribution in [-0.4, -0.2) is 41.0 Å². The second-order valence-corrected chi connectivity index (χ2v) is 4.86. The molecule has 0 saturated heterocycles. The van der Waals surface area contributed by atoms with Crippen LogP contribution < -0.4 is 16.0 Å². The maximum Gasteiger partial charge on any atom is 0.433 e. The summed E-state index contributed by atoms with van der Waals surface area (Å²) in [5.74, 6) is 0.477. The first-order valence-electron chi connectivity index (χ1n) is 7.47. The molecular formula is C15H19F3IN7. The molecule has 11 heteroatoms. The summed E-state index contributed by atoms with van der Waals surface area (Å²) >= 11 is 0. The summed E-state index contributed by atoms with van der Waals surface area (Å²) in [7, 11) is 1.62. The molecule has 2 aromatic heterocycles. The van der Waals surface area contributed by atoms with Crippen molar-refractivity contribution < 1.29 is 13.2 Å². The maximum atomic E-state index is 12.6. The summed E-state index contributed by atoms with van der Waals surface area (Å²) in [5.41, 5.74) is -0.119. The van der Waals surface area contributed by atoms with E-state index < -0.39 is 11.9 Å². The van der Waals surface area contributed by atoms with E-state index in [1.54, 1.807) is 13.2 Å². The molecule has 0 bridgehead atoms. The fourth-order valence-corrected chi connectivity index (χ4v) is 1.85. The van der Waals surface area contributed by atoms with E-state index in [9.17, 15) is 13.2 Å². The highest BCUT2D eigenvalue weighted by Crippen LogP contribution is 2.27. The molecule has 3 N–H and O–H groups in total. The molecule has 2 aromatic rings. The van der Waals surface area contributed by atoms with E-state index in [0.717, 1.165) is 18.0 Å². The number of rotatable bonds is 6. The molecule has 0 atom stereocenters. The van der Waals surface area contributed by atoms with Crippen molar-refractivity contribution in [1.82, 2.24) is 25.6 Å². The van der Waals surface area contributed by atoms with Gasteiger partial charge in [0.05, 0.1) is 12.2 Å². The van der Waals surface area contributed by atoms with Gasteiger partial charge >= 0.3 is 6.18 Å². The molecule has 0 aliphatic rings. The lowest BCUT2D eigenvalue weighted by molar-refractivity contribution is -0.141. The Morgan fingerprint density at radius 1 is 1.08 bits per heavy atom. The van der Waals surface area contributed by atoms with Crippen LogP contribution in [0.25, 0.3) is 0 Å². The minimum atomic E-state index is -4.49. The summed E-state index contributed by atoms with van der Waals surface area (Å²) in [5, 5.41) is 8.84. The van der Waals surface area contributed by atoms with E-state index in [4.69, 9.17) is 0 Å². The van der Waals surface area contributed by atoms with Crippen LogP contribution in [0.15, 0.2) is 41.7 Å². The van der Waals surface area contributed by atoms with Gasteiger partial charge in [0.1, 0.15) is 5.69 Å². The molecule has 0 fully saturated rings. The van der Waals surface area contributed by atoms with E-state index in [-0.39, 0.29) is 29.9 Å². The number of guanidine groups is 1. The lowest BCUT2D eigenvalue weighted by Gasteiger charge is -2.12. The van der Waals surface area contributed by atoms with Crippen molar-refractivity contribution in [1.29, 1.82) is 0 Å². The topological polar surface area (TPSA) is 87.1 Å². The fraction of sp³-hybridized carbons (Fsp3) is 0.333. The van der Waals surface area contributed by atoms with Gasteiger partial charge in [-0.3, -0.25) is 9.98 Å². The highest BCUT2D eigenvalue weighted by atomic mass is 127. The number of anilines is 1. The van der Waals surface area contributed by atoms with Crippen LogP contribution in [0.5, 0.6) is 0 Å². The summed E-state index contributed by atoms with van der Waals surface area (Å²) in [4.78, 5) is 15.4. The van der Waals surface area contributed by atoms with Crippen LogP contribution >= 0.6 is 24.0 Å². The fourth-order valence-electron chi connectivity index (χ4n) is 1.85. The zero-order valence-corrected chi connectivity index (χ0v) is 16.2. The Morgan fingerprint density at radius 3 is 2.54 bits per heavy atom. The standard InChI is InChI=1S/C15H18F3N7.HI/c1-19-13(24-10-11-4-2-3-6-20-11)22-8-9-23-14-21-7-5-12(25-14)15(16,17)18;/h2-7H,8-10H2,1H3,(H2,19,22,24)(H,21,23,25);1H. The lowest BCUT2D eigenvalue weighted by Crippen LogP contribution is -2.39. The molecule has 0 amide bonds. The van der Waals surface area contributed by atoms with E-state index in [1.807, 2.05) is 18.2 Å². The highest BCUT2D eigenvalue weighted by molar-refractivity contribution is 14.0. The van der Waals surface area contributed by atoms with Crippen LogP contribution in [0.1, 0.15) is 11.4 Å². The van der Waals surface area contributed by atoms with Gasteiger partial charge in [-0.05, 0) is 18.2 Å². The molecule has 0 radical (unpaired) electrons. The average Bonchev–Trinajstić information content (AvgIpc) is 2.61. The minimum absolute atomic E-state index is 0. The molecule has 0 aliphatic carbocycles. The van der Waals surface area contributed by atoms with E-state index in [2.05, 4.69) is 35.9 Å². The quantitative estimate of drug-likeness (QED) is 0.254. The minimum Gasteiger partial charge on any atom is -0.355 e. The number of aliphatic imine (C=N–C) groups is 1. The first-order valence-corrected chi connectivity index (χ1v) is 7.47. The predicted molar refractivity (Wildman–Crippen MR) is 103 cm³/mol. The van der Waals surface area contributed by atoms with Gasteiger partial charge in [-0.1, -0.05) is 6.07 Å². The SMILES string of the molecule is CN=C(NCCNc1nccc(C(F)(F)F)n1)NCc1ccccn1.I. The molecule has 2 rings (SSSR count). The zero-order chi connectivity index (χ0) is 18.1. The predicted octanol–water partition coefficient (Wildman–Crippen LogP) is 2.29. The summed E-state index contributed by atoms with van der Waals surface area (Å²) in [6, 6.07) is 6.43. The van der Waals surface area contributed by atoms with E-state index >= 15 is 0 Å². The third kappa shape index (κ3) is 7.37. The number of halogens is 4. The number of aromatic nitrogens is 3. The summed E-state index contributed by atoms with van der Waals surface area (Å²) in [6.07, 6.45) is -1.72. The summed E-state index contributed by atoms with van der Waals surface area (Å²) in [6.45, 7) is 1.25. The van der Waals surface area contributed by atoms with E-state index in [0.29, 0.717) is 25.6 Å². The van der Waals surface area contributed by atoms with Crippen molar-refractivity contribution >= 4 is 35.9 Å². The third-order valence-corrected chi connectivity index (χ3v) is 3.03. The second kappa shape index (κ2) is 10.7. The maximum absolute atomic E-state index is 12.6. The highest BCUT2D eigenvalue weighted by Gasteiger charge is 2.32. The largest absolute Gasteiger partial charge is 0.433 e. The molecule has 0 unspecified atom stereocenters. The number of nitrogens with one attached hydrogen (secondary N) is 3. The lowest BCUT2D eigenvalue weighted by atomic mass is 10.3. The average molecular weight is 481 g/mol. The number of nitrogens with zero attached hydrogens (tertiary/aromatic N) is 4. The first kappa shape index (κ1) is 21.9. The number of hydrogen-bond donors (Lipinski definition) is 3. The Morgan fingerprint density at radius 2 is 1.88 bits per heavy atom. The van der Waals surface area contributed by atoms with Gasteiger partial charge in [-0.15, -0.1) is 24.0 Å². The number of alkyl halides is 3. The van der Waals surface area contributed by atoms with Gasteiger partial charge in [0, 0.05) is 32.5 Å². The molecule has 0 aromatic carbocycles. The van der Waals surface area contributed by atoms with Gasteiger partial charge in [0.15, 0.2) is 5.96 Å². The van der Waals surface area contributed by atoms with Crippen molar-refractivity contribution in [2.24, 2.45) is 4.99 Å². The first-order chi connectivity index (χ1) is 12.0. The number of pyridine rings is 1. The van der Waals surface area contributed by atoms with Crippen molar-refractivity contribution in [3.05, 3.63) is 48.0 Å². The Kier molecular flexibility index (Phi) is 9.02. The van der Waals surface area contributed by atoms with E-state index in [1.165, 1.54) is 0 Å². The van der Waals surface area contributed by atoms with Gasteiger partial charge < -0.3 is 16.0 Å². The van der Waals surface area contributed by atoms with Gasteiger partial charge in [0.25, 0.3) is 0 Å². The van der Waals surface area contributed by atoms with Crippen LogP contribution in [0, 0.1) is 0 Å². The Bertz CT molecular complexity index is 695. The van der Waals surface area contributed by atoms with Gasteiger partial charge in [-0.25, -0.2) is 9.97 Å². The molecule has 142 valence electrons. The Balaban J connectivity index is 0.00000338. The van der Waals surface area contributed by atoms with Gasteiger partial charge in [0.2, 0.25) is 5.95 Å². The molecular weight excluding hydrogens is 462 g/mol. The Hall–Kier alpha value is -2.18. The van der Waals surface area contributed by atoms with Crippen molar-refractivity contribution in [3.8, 4) is 0 Å². The van der Waals surface area contributed by atoms with Crippen LogP contribution in [0.3, 0.4) is 0 Å². The molecule has 2 heterocycles. The Labute approximate surface area is 166 Å². The monoisotopic (exact) mass is 481 g/mol. The molecule has 26 heavy (non-hydrogen) atoms. The van der Waals surface area contributed by atoms with Crippen molar-refractivity contribution in [3.63, 3.8) is 0 Å². The molecule has 0 aliphatic heterocycles. The number of hydrogen-bond acceptors (Lipinski definition) is 5. The van der Waals surface area contributed by atoms with Crippen LogP contribution in [-0.2, 0) is 12.7 Å². The molecule has 0 spiro atoms.